The summed E-state index contributed by atoms with van der Waals surface area (Å²) >= 11 is 0. The van der Waals surface area contributed by atoms with Gasteiger partial charge in [0.05, 0.1) is 29.6 Å². The monoisotopic (exact) mass is 311 g/mol. The van der Waals surface area contributed by atoms with Gasteiger partial charge in [0.2, 0.25) is 0 Å². The summed E-state index contributed by atoms with van der Waals surface area (Å²) in [6.07, 6.45) is 5.73. The van der Waals surface area contributed by atoms with Crippen molar-refractivity contribution in [2.24, 2.45) is 5.73 Å². The smallest absolute Gasteiger partial charge is 0.154 e. The Morgan fingerprint density at radius 1 is 1.24 bits per heavy atom. The van der Waals surface area contributed by atoms with Gasteiger partial charge < -0.3 is 15.4 Å². The van der Waals surface area contributed by atoms with Crippen molar-refractivity contribution in [2.45, 2.75) is 31.4 Å². The molecule has 0 amide bonds. The number of nitrogens with zero attached hydrogens (tertiary/aromatic N) is 2. The van der Waals surface area contributed by atoms with Crippen molar-refractivity contribution < 1.29 is 13.2 Å². The molecule has 1 aromatic heterocycles. The lowest BCUT2D eigenvalue weighted by Gasteiger charge is -2.31. The first-order chi connectivity index (χ1) is 10.0. The van der Waals surface area contributed by atoms with Crippen LogP contribution in [0.5, 0.6) is 5.75 Å². The first-order valence-electron chi connectivity index (χ1n) is 7.34. The van der Waals surface area contributed by atoms with Gasteiger partial charge >= 0.3 is 0 Å². The highest BCUT2D eigenvalue weighted by Gasteiger charge is 2.29. The quantitative estimate of drug-likeness (QED) is 0.878. The lowest BCUT2D eigenvalue weighted by Crippen LogP contribution is -2.39. The van der Waals surface area contributed by atoms with Gasteiger partial charge in [0.25, 0.3) is 0 Å². The molecule has 2 N–H and O–H groups in total. The molecular weight excluding hydrogens is 290 g/mol. The number of anilines is 1. The zero-order valence-electron chi connectivity index (χ0n) is 11.9. The molecule has 0 aromatic carbocycles. The summed E-state index contributed by atoms with van der Waals surface area (Å²) in [6, 6.07) is 2.23. The van der Waals surface area contributed by atoms with Gasteiger partial charge in [0.15, 0.2) is 9.84 Å². The van der Waals surface area contributed by atoms with Crippen molar-refractivity contribution in [2.75, 3.05) is 29.5 Å². The fourth-order valence-corrected chi connectivity index (χ4v) is 4.44. The van der Waals surface area contributed by atoms with Gasteiger partial charge in [0, 0.05) is 25.2 Å². The Hall–Kier alpha value is -1.34. The van der Waals surface area contributed by atoms with Crippen molar-refractivity contribution in [3.63, 3.8) is 0 Å². The molecule has 0 saturated carbocycles. The van der Waals surface area contributed by atoms with E-state index in [-0.39, 0.29) is 23.7 Å². The Kier molecular flexibility index (Phi) is 4.03. The molecule has 6 nitrogen and oxygen atoms in total. The minimum Gasteiger partial charge on any atom is -0.488 e. The molecule has 2 saturated heterocycles. The molecular formula is C14H21N3O3S. The molecule has 1 aromatic rings. The SMILES string of the molecule is NC1CCN(c2cncc(OC3CCS(=O)(=O)C3)c2)CC1. The number of pyridine rings is 1. The van der Waals surface area contributed by atoms with E-state index in [1.807, 2.05) is 12.3 Å². The maximum absolute atomic E-state index is 11.5. The molecule has 21 heavy (non-hydrogen) atoms. The Bertz CT molecular complexity index is 597. The van der Waals surface area contributed by atoms with Crippen molar-refractivity contribution in [1.82, 2.24) is 4.98 Å². The molecule has 3 heterocycles. The Morgan fingerprint density at radius 2 is 2.00 bits per heavy atom. The normalized spacial score (nSPS) is 26.0. The topological polar surface area (TPSA) is 85.5 Å². The highest BCUT2D eigenvalue weighted by molar-refractivity contribution is 7.91. The summed E-state index contributed by atoms with van der Waals surface area (Å²) < 4.78 is 28.7. The Labute approximate surface area is 125 Å². The van der Waals surface area contributed by atoms with Crippen LogP contribution in [-0.2, 0) is 9.84 Å². The van der Waals surface area contributed by atoms with Crippen LogP contribution in [-0.4, -0.2) is 50.1 Å². The van der Waals surface area contributed by atoms with Gasteiger partial charge in [0.1, 0.15) is 11.9 Å². The zero-order valence-corrected chi connectivity index (χ0v) is 12.8. The number of ether oxygens (including phenoxy) is 1. The number of nitrogens with two attached hydrogens (primary N) is 1. The number of sulfone groups is 1. The van der Waals surface area contributed by atoms with Gasteiger partial charge in [-0.05, 0) is 19.3 Å². The summed E-state index contributed by atoms with van der Waals surface area (Å²) in [5, 5.41) is 0. The number of aromatic nitrogens is 1. The van der Waals surface area contributed by atoms with E-state index in [1.54, 1.807) is 6.20 Å². The molecule has 7 heteroatoms. The van der Waals surface area contributed by atoms with Crippen LogP contribution >= 0.6 is 0 Å². The maximum atomic E-state index is 11.5. The van der Waals surface area contributed by atoms with E-state index in [2.05, 4.69) is 9.88 Å². The number of hydrogen-bond acceptors (Lipinski definition) is 6. The van der Waals surface area contributed by atoms with E-state index in [1.165, 1.54) is 0 Å². The largest absolute Gasteiger partial charge is 0.488 e. The predicted molar refractivity (Wildman–Crippen MR) is 81.3 cm³/mol. The van der Waals surface area contributed by atoms with Gasteiger partial charge in [-0.15, -0.1) is 0 Å². The lowest BCUT2D eigenvalue weighted by molar-refractivity contribution is 0.228. The second kappa shape index (κ2) is 5.81. The summed E-state index contributed by atoms with van der Waals surface area (Å²) in [6.45, 7) is 1.84. The van der Waals surface area contributed by atoms with Crippen LogP contribution in [0, 0.1) is 0 Å². The number of hydrogen-bond donors (Lipinski definition) is 1. The van der Waals surface area contributed by atoms with Crippen molar-refractivity contribution >= 4 is 15.5 Å². The molecule has 0 spiro atoms. The van der Waals surface area contributed by atoms with Crippen molar-refractivity contribution in [3.8, 4) is 5.75 Å². The molecule has 1 unspecified atom stereocenters. The lowest BCUT2D eigenvalue weighted by atomic mass is 10.1. The average molecular weight is 311 g/mol. The van der Waals surface area contributed by atoms with E-state index in [0.29, 0.717) is 12.2 Å². The van der Waals surface area contributed by atoms with Crippen LogP contribution in [0.15, 0.2) is 18.5 Å². The van der Waals surface area contributed by atoms with Crippen molar-refractivity contribution in [1.29, 1.82) is 0 Å². The molecule has 1 atom stereocenters. The van der Waals surface area contributed by atoms with Gasteiger partial charge in [-0.3, -0.25) is 4.98 Å². The highest BCUT2D eigenvalue weighted by atomic mass is 32.2. The average Bonchev–Trinajstić information content (AvgIpc) is 2.79. The van der Waals surface area contributed by atoms with Crippen LogP contribution in [0.4, 0.5) is 5.69 Å². The first kappa shape index (κ1) is 14.6. The minimum atomic E-state index is -2.92. The second-order valence-corrected chi connectivity index (χ2v) is 8.07. The molecule has 0 radical (unpaired) electrons. The van der Waals surface area contributed by atoms with E-state index in [9.17, 15) is 8.42 Å². The first-order valence-corrected chi connectivity index (χ1v) is 9.17. The summed E-state index contributed by atoms with van der Waals surface area (Å²) in [5.41, 5.74) is 6.93. The third-order valence-corrected chi connectivity index (χ3v) is 5.83. The minimum absolute atomic E-state index is 0.107. The third-order valence-electron chi connectivity index (χ3n) is 4.10. The summed E-state index contributed by atoms with van der Waals surface area (Å²) in [7, 11) is -2.92. The highest BCUT2D eigenvalue weighted by Crippen LogP contribution is 2.25. The maximum Gasteiger partial charge on any atom is 0.154 e. The van der Waals surface area contributed by atoms with Gasteiger partial charge in [-0.1, -0.05) is 0 Å². The van der Waals surface area contributed by atoms with Gasteiger partial charge in [-0.25, -0.2) is 8.42 Å². The number of piperidine rings is 1. The van der Waals surface area contributed by atoms with E-state index < -0.39 is 9.84 Å². The second-order valence-electron chi connectivity index (χ2n) is 5.85. The summed E-state index contributed by atoms with van der Waals surface area (Å²) in [4.78, 5) is 6.45. The molecule has 116 valence electrons. The Morgan fingerprint density at radius 3 is 2.67 bits per heavy atom. The fraction of sp³-hybridized carbons (Fsp3) is 0.643. The molecule has 3 rings (SSSR count). The standard InChI is InChI=1S/C14H21N3O3S/c15-11-1-4-17(5-2-11)12-7-14(9-16-8-12)20-13-3-6-21(18,19)10-13/h7-9,11,13H,1-6,10,15H2. The van der Waals surface area contributed by atoms with E-state index in [4.69, 9.17) is 10.5 Å². The van der Waals surface area contributed by atoms with Crippen LogP contribution in [0.1, 0.15) is 19.3 Å². The van der Waals surface area contributed by atoms with E-state index in [0.717, 1.165) is 31.6 Å². The van der Waals surface area contributed by atoms with Crippen LogP contribution < -0.4 is 15.4 Å². The Balaban J connectivity index is 1.66. The molecule has 2 fully saturated rings. The number of rotatable bonds is 3. The molecule has 2 aliphatic rings. The zero-order chi connectivity index (χ0) is 14.9. The molecule has 0 bridgehead atoms. The van der Waals surface area contributed by atoms with Crippen LogP contribution in [0.25, 0.3) is 0 Å². The van der Waals surface area contributed by atoms with E-state index >= 15 is 0 Å². The predicted octanol–water partition coefficient (Wildman–Crippen LogP) is 0.575. The summed E-state index contributed by atoms with van der Waals surface area (Å²) in [5.74, 6) is 0.967. The third kappa shape index (κ3) is 3.65. The van der Waals surface area contributed by atoms with Crippen LogP contribution in [0.2, 0.25) is 0 Å². The molecule has 2 aliphatic heterocycles. The molecule has 0 aliphatic carbocycles. The fourth-order valence-electron chi connectivity index (χ4n) is 2.85. The van der Waals surface area contributed by atoms with Crippen molar-refractivity contribution in [3.05, 3.63) is 18.5 Å². The van der Waals surface area contributed by atoms with Gasteiger partial charge in [-0.2, -0.15) is 0 Å². The van der Waals surface area contributed by atoms with Crippen LogP contribution in [0.3, 0.4) is 0 Å².